The Morgan fingerprint density at radius 3 is 2.81 bits per heavy atom. The van der Waals surface area contributed by atoms with E-state index < -0.39 is 0 Å². The zero-order chi connectivity index (χ0) is 11.4. The van der Waals surface area contributed by atoms with Crippen LogP contribution in [0.15, 0.2) is 30.3 Å². The first-order valence-electron chi connectivity index (χ1n) is 5.13. The average molecular weight is 235 g/mol. The van der Waals surface area contributed by atoms with Crippen LogP contribution < -0.4 is 10.6 Å². The standard InChI is InChI=1S/C11H13N3OS/c15-10-8-14(7-6-12-10)11(16)13-9-4-2-1-3-5-9/h1-5H,6-8H2,(H,12,15)(H,13,16). The lowest BCUT2D eigenvalue weighted by atomic mass is 10.3. The van der Waals surface area contributed by atoms with Gasteiger partial charge in [0.05, 0.1) is 6.54 Å². The minimum Gasteiger partial charge on any atom is -0.353 e. The van der Waals surface area contributed by atoms with E-state index in [0.29, 0.717) is 18.2 Å². The zero-order valence-corrected chi connectivity index (χ0v) is 9.59. The number of hydrogen-bond acceptors (Lipinski definition) is 2. The number of carbonyl (C=O) groups excluding carboxylic acids is 1. The van der Waals surface area contributed by atoms with E-state index in [9.17, 15) is 4.79 Å². The number of nitrogens with one attached hydrogen (secondary N) is 2. The maximum Gasteiger partial charge on any atom is 0.239 e. The Kier molecular flexibility index (Phi) is 3.36. The van der Waals surface area contributed by atoms with E-state index in [1.165, 1.54) is 0 Å². The van der Waals surface area contributed by atoms with E-state index in [1.54, 1.807) is 0 Å². The van der Waals surface area contributed by atoms with Gasteiger partial charge in [0.25, 0.3) is 0 Å². The third kappa shape index (κ3) is 2.70. The highest BCUT2D eigenvalue weighted by molar-refractivity contribution is 7.80. The largest absolute Gasteiger partial charge is 0.353 e. The molecular formula is C11H13N3OS. The maximum absolute atomic E-state index is 11.2. The van der Waals surface area contributed by atoms with Gasteiger partial charge in [0.1, 0.15) is 0 Å². The lowest BCUT2D eigenvalue weighted by Gasteiger charge is -2.29. The summed E-state index contributed by atoms with van der Waals surface area (Å²) >= 11 is 5.24. The smallest absolute Gasteiger partial charge is 0.239 e. The number of nitrogens with zero attached hydrogens (tertiary/aromatic N) is 1. The van der Waals surface area contributed by atoms with Crippen LogP contribution in [-0.4, -0.2) is 35.6 Å². The fourth-order valence-corrected chi connectivity index (χ4v) is 1.81. The van der Waals surface area contributed by atoms with Gasteiger partial charge in [0, 0.05) is 18.8 Å². The van der Waals surface area contributed by atoms with Crippen LogP contribution in [0.2, 0.25) is 0 Å². The van der Waals surface area contributed by atoms with E-state index in [-0.39, 0.29) is 5.91 Å². The fraction of sp³-hybridized carbons (Fsp3) is 0.273. The Morgan fingerprint density at radius 2 is 2.12 bits per heavy atom. The fourth-order valence-electron chi connectivity index (χ4n) is 1.54. The number of anilines is 1. The van der Waals surface area contributed by atoms with Crippen LogP contribution in [0.4, 0.5) is 5.69 Å². The molecule has 0 unspecified atom stereocenters. The van der Waals surface area contributed by atoms with Crippen molar-refractivity contribution in [1.82, 2.24) is 10.2 Å². The average Bonchev–Trinajstić information content (AvgIpc) is 2.30. The first-order valence-corrected chi connectivity index (χ1v) is 5.54. The van der Waals surface area contributed by atoms with Crippen molar-refractivity contribution in [2.45, 2.75) is 0 Å². The lowest BCUT2D eigenvalue weighted by Crippen LogP contribution is -2.51. The van der Waals surface area contributed by atoms with Crippen LogP contribution in [0.5, 0.6) is 0 Å². The second-order valence-corrected chi connectivity index (χ2v) is 3.95. The van der Waals surface area contributed by atoms with Gasteiger partial charge in [-0.05, 0) is 24.4 Å². The predicted octanol–water partition coefficient (Wildman–Crippen LogP) is 0.815. The summed E-state index contributed by atoms with van der Waals surface area (Å²) in [5.41, 5.74) is 0.943. The van der Waals surface area contributed by atoms with E-state index in [0.717, 1.165) is 12.2 Å². The highest BCUT2D eigenvalue weighted by Crippen LogP contribution is 2.07. The lowest BCUT2D eigenvalue weighted by molar-refractivity contribution is -0.122. The van der Waals surface area contributed by atoms with Crippen molar-refractivity contribution in [3.05, 3.63) is 30.3 Å². The Bertz CT molecular complexity index is 393. The zero-order valence-electron chi connectivity index (χ0n) is 8.77. The van der Waals surface area contributed by atoms with Crippen molar-refractivity contribution < 1.29 is 4.79 Å². The van der Waals surface area contributed by atoms with Crippen LogP contribution in [0, 0.1) is 0 Å². The molecule has 0 spiro atoms. The normalized spacial score (nSPS) is 15.5. The number of amides is 1. The van der Waals surface area contributed by atoms with Gasteiger partial charge < -0.3 is 15.5 Å². The van der Waals surface area contributed by atoms with Gasteiger partial charge in [-0.2, -0.15) is 0 Å². The first kappa shape index (κ1) is 10.9. The van der Waals surface area contributed by atoms with E-state index >= 15 is 0 Å². The van der Waals surface area contributed by atoms with Gasteiger partial charge >= 0.3 is 0 Å². The molecular weight excluding hydrogens is 222 g/mol. The maximum atomic E-state index is 11.2. The van der Waals surface area contributed by atoms with Crippen molar-refractivity contribution in [2.75, 3.05) is 25.0 Å². The molecule has 4 nitrogen and oxygen atoms in total. The summed E-state index contributed by atoms with van der Waals surface area (Å²) in [6.07, 6.45) is 0. The highest BCUT2D eigenvalue weighted by atomic mass is 32.1. The molecule has 1 aliphatic heterocycles. The number of carbonyl (C=O) groups is 1. The SMILES string of the molecule is O=C1CN(C(=S)Nc2ccccc2)CCN1. The van der Waals surface area contributed by atoms with Crippen LogP contribution >= 0.6 is 12.2 Å². The Labute approximate surface area is 99.6 Å². The summed E-state index contributed by atoms with van der Waals surface area (Å²) in [6.45, 7) is 1.73. The Morgan fingerprint density at radius 1 is 1.38 bits per heavy atom. The quantitative estimate of drug-likeness (QED) is 0.707. The van der Waals surface area contributed by atoms with Crippen LogP contribution in [-0.2, 0) is 4.79 Å². The van der Waals surface area contributed by atoms with Gasteiger partial charge in [-0.25, -0.2) is 0 Å². The Balaban J connectivity index is 1.95. The molecule has 0 aromatic heterocycles. The van der Waals surface area contributed by atoms with Crippen molar-refractivity contribution >= 4 is 28.9 Å². The van der Waals surface area contributed by atoms with E-state index in [2.05, 4.69) is 10.6 Å². The number of rotatable bonds is 1. The van der Waals surface area contributed by atoms with Crippen LogP contribution in [0.3, 0.4) is 0 Å². The monoisotopic (exact) mass is 235 g/mol. The Hall–Kier alpha value is -1.62. The summed E-state index contributed by atoms with van der Waals surface area (Å²) in [5, 5.41) is 6.47. The molecule has 1 heterocycles. The second-order valence-electron chi connectivity index (χ2n) is 3.57. The molecule has 1 fully saturated rings. The molecule has 0 aliphatic carbocycles. The van der Waals surface area contributed by atoms with Crippen molar-refractivity contribution in [2.24, 2.45) is 0 Å². The summed E-state index contributed by atoms with van der Waals surface area (Å²) in [4.78, 5) is 13.1. The molecule has 1 saturated heterocycles. The van der Waals surface area contributed by atoms with Crippen LogP contribution in [0.25, 0.3) is 0 Å². The highest BCUT2D eigenvalue weighted by Gasteiger charge is 2.18. The van der Waals surface area contributed by atoms with E-state index in [1.807, 2.05) is 35.2 Å². The summed E-state index contributed by atoms with van der Waals surface area (Å²) in [5.74, 6) is 0.0171. The number of hydrogen-bond donors (Lipinski definition) is 2. The topological polar surface area (TPSA) is 44.4 Å². The van der Waals surface area contributed by atoms with Gasteiger partial charge in [0.2, 0.25) is 5.91 Å². The summed E-state index contributed by atoms with van der Waals surface area (Å²) in [7, 11) is 0. The number of piperazine rings is 1. The van der Waals surface area contributed by atoms with Crippen molar-refractivity contribution in [3.63, 3.8) is 0 Å². The molecule has 84 valence electrons. The van der Waals surface area contributed by atoms with Gasteiger partial charge in [-0.15, -0.1) is 0 Å². The first-order chi connectivity index (χ1) is 7.75. The molecule has 2 N–H and O–H groups in total. The molecule has 0 radical (unpaired) electrons. The third-order valence-corrected chi connectivity index (χ3v) is 2.71. The molecule has 0 bridgehead atoms. The van der Waals surface area contributed by atoms with E-state index in [4.69, 9.17) is 12.2 Å². The summed E-state index contributed by atoms with van der Waals surface area (Å²) in [6, 6.07) is 9.71. The minimum atomic E-state index is 0.0171. The van der Waals surface area contributed by atoms with Crippen molar-refractivity contribution in [3.8, 4) is 0 Å². The molecule has 0 saturated carbocycles. The molecule has 0 atom stereocenters. The number of benzene rings is 1. The van der Waals surface area contributed by atoms with Gasteiger partial charge in [-0.1, -0.05) is 18.2 Å². The molecule has 1 aliphatic rings. The molecule has 1 aromatic rings. The van der Waals surface area contributed by atoms with Crippen molar-refractivity contribution in [1.29, 1.82) is 0 Å². The van der Waals surface area contributed by atoms with Gasteiger partial charge in [0.15, 0.2) is 5.11 Å². The molecule has 5 heteroatoms. The molecule has 1 aromatic carbocycles. The summed E-state index contributed by atoms with van der Waals surface area (Å²) < 4.78 is 0. The number of para-hydroxylation sites is 1. The predicted molar refractivity (Wildman–Crippen MR) is 67.2 cm³/mol. The molecule has 1 amide bonds. The molecule has 16 heavy (non-hydrogen) atoms. The van der Waals surface area contributed by atoms with Crippen LogP contribution in [0.1, 0.15) is 0 Å². The number of thiocarbonyl (C=S) groups is 1. The van der Waals surface area contributed by atoms with Gasteiger partial charge in [-0.3, -0.25) is 4.79 Å². The third-order valence-electron chi connectivity index (χ3n) is 2.35. The second kappa shape index (κ2) is 4.94. The molecule has 2 rings (SSSR count). The minimum absolute atomic E-state index is 0.0171.